The van der Waals surface area contributed by atoms with E-state index in [1.165, 1.54) is 6.07 Å². The molecule has 0 aromatic heterocycles. The van der Waals surface area contributed by atoms with Crippen LogP contribution in [0.15, 0.2) is 61.2 Å². The third kappa shape index (κ3) is 5.30. The predicted octanol–water partition coefficient (Wildman–Crippen LogP) is 8.17. The molecule has 3 aromatic rings. The highest BCUT2D eigenvalue weighted by Gasteiger charge is 2.27. The minimum absolute atomic E-state index is 0.0369. The number of halogens is 3. The second kappa shape index (κ2) is 10.8. The molecule has 0 radical (unpaired) electrons. The van der Waals surface area contributed by atoms with Gasteiger partial charge in [0, 0.05) is 11.6 Å². The van der Waals surface area contributed by atoms with Crippen LogP contribution in [0.25, 0.3) is 17.2 Å². The molecule has 4 rings (SSSR count). The van der Waals surface area contributed by atoms with Crippen LogP contribution in [0, 0.1) is 23.4 Å². The fraction of sp³-hybridized carbons (Fsp3) is 0.310. The molecule has 0 atom stereocenters. The molecule has 0 spiro atoms. The van der Waals surface area contributed by atoms with Crippen molar-refractivity contribution in [2.75, 3.05) is 13.2 Å². The molecule has 34 heavy (non-hydrogen) atoms. The van der Waals surface area contributed by atoms with Gasteiger partial charge in [-0.15, -0.1) is 0 Å². The fourth-order valence-corrected chi connectivity index (χ4v) is 4.60. The van der Waals surface area contributed by atoms with Gasteiger partial charge in [0.15, 0.2) is 23.2 Å². The number of ether oxygens (including phenoxy) is 2. The van der Waals surface area contributed by atoms with E-state index in [0.29, 0.717) is 30.1 Å². The highest BCUT2D eigenvalue weighted by Crippen LogP contribution is 2.39. The van der Waals surface area contributed by atoms with E-state index in [-0.39, 0.29) is 23.1 Å². The first-order valence-electron chi connectivity index (χ1n) is 11.8. The van der Waals surface area contributed by atoms with Crippen molar-refractivity contribution in [3.63, 3.8) is 0 Å². The Morgan fingerprint density at radius 2 is 1.62 bits per heavy atom. The molecule has 1 aliphatic rings. The molecule has 1 fully saturated rings. The lowest BCUT2D eigenvalue weighted by molar-refractivity contribution is 0.193. The van der Waals surface area contributed by atoms with Crippen LogP contribution < -0.4 is 9.47 Å². The van der Waals surface area contributed by atoms with Crippen LogP contribution >= 0.6 is 0 Å². The van der Waals surface area contributed by atoms with Gasteiger partial charge in [-0.3, -0.25) is 0 Å². The van der Waals surface area contributed by atoms with Crippen molar-refractivity contribution in [1.29, 1.82) is 0 Å². The van der Waals surface area contributed by atoms with Crippen molar-refractivity contribution in [2.45, 2.75) is 38.5 Å². The maximum Gasteiger partial charge on any atom is 0.168 e. The van der Waals surface area contributed by atoms with Gasteiger partial charge in [-0.25, -0.2) is 13.2 Å². The molecule has 0 amide bonds. The summed E-state index contributed by atoms with van der Waals surface area (Å²) in [6.45, 7) is 6.42. The van der Waals surface area contributed by atoms with E-state index in [4.69, 9.17) is 9.47 Å². The van der Waals surface area contributed by atoms with Crippen molar-refractivity contribution in [1.82, 2.24) is 0 Å². The Balaban J connectivity index is 1.36. The second-order valence-corrected chi connectivity index (χ2v) is 8.71. The molecule has 0 bridgehead atoms. The van der Waals surface area contributed by atoms with E-state index >= 15 is 4.39 Å². The van der Waals surface area contributed by atoms with Crippen LogP contribution in [0.4, 0.5) is 13.2 Å². The monoisotopic (exact) mass is 466 g/mol. The van der Waals surface area contributed by atoms with Crippen LogP contribution in [-0.4, -0.2) is 13.2 Å². The van der Waals surface area contributed by atoms with Crippen LogP contribution in [-0.2, 0) is 0 Å². The van der Waals surface area contributed by atoms with Crippen molar-refractivity contribution in [3.8, 4) is 22.6 Å². The number of benzene rings is 3. The van der Waals surface area contributed by atoms with Crippen LogP contribution in [0.3, 0.4) is 0 Å². The molecule has 0 saturated heterocycles. The summed E-state index contributed by atoms with van der Waals surface area (Å²) >= 11 is 0. The molecule has 0 unspecified atom stereocenters. The van der Waals surface area contributed by atoms with E-state index < -0.39 is 17.5 Å². The average Bonchev–Trinajstić information content (AvgIpc) is 2.86. The molecule has 178 valence electrons. The molecular formula is C29H29F3O2. The van der Waals surface area contributed by atoms with Crippen molar-refractivity contribution in [3.05, 3.63) is 89.8 Å². The molecule has 3 aromatic carbocycles. The van der Waals surface area contributed by atoms with E-state index in [2.05, 4.69) is 6.58 Å². The lowest BCUT2D eigenvalue weighted by Gasteiger charge is -2.29. The highest BCUT2D eigenvalue weighted by atomic mass is 19.2. The van der Waals surface area contributed by atoms with Gasteiger partial charge in [0.05, 0.1) is 13.2 Å². The van der Waals surface area contributed by atoms with Gasteiger partial charge < -0.3 is 9.47 Å². The standard InChI is InChI=1S/C29H29F3O2/c1-3-19-5-9-21(10-6-19)24-14-15-25(29(32)28(24)31)22-11-7-20(8-12-22)18-34-27-16-13-23(33-4-2)17-26(27)30/h3,5-6,9-10,13-17,20,22H,1,4,7-8,11-12,18H2,2H3. The summed E-state index contributed by atoms with van der Waals surface area (Å²) in [7, 11) is 0. The Kier molecular flexibility index (Phi) is 7.61. The van der Waals surface area contributed by atoms with Gasteiger partial charge >= 0.3 is 0 Å². The Morgan fingerprint density at radius 3 is 2.26 bits per heavy atom. The normalized spacial score (nSPS) is 17.9. The van der Waals surface area contributed by atoms with Gasteiger partial charge in [-0.05, 0) is 73.3 Å². The smallest absolute Gasteiger partial charge is 0.168 e. The third-order valence-corrected chi connectivity index (χ3v) is 6.55. The van der Waals surface area contributed by atoms with E-state index in [1.807, 2.05) is 19.1 Å². The van der Waals surface area contributed by atoms with Crippen LogP contribution in [0.1, 0.15) is 49.7 Å². The summed E-state index contributed by atoms with van der Waals surface area (Å²) in [5, 5.41) is 0. The van der Waals surface area contributed by atoms with E-state index in [0.717, 1.165) is 31.2 Å². The SMILES string of the molecule is C=Cc1ccc(-c2ccc(C3CCC(COc4ccc(OCC)cc4F)CC3)c(F)c2F)cc1. The van der Waals surface area contributed by atoms with Gasteiger partial charge in [0.25, 0.3) is 0 Å². The summed E-state index contributed by atoms with van der Waals surface area (Å²) in [6.07, 6.45) is 4.82. The van der Waals surface area contributed by atoms with Crippen molar-refractivity contribution in [2.24, 2.45) is 5.92 Å². The van der Waals surface area contributed by atoms with Crippen molar-refractivity contribution >= 4 is 6.08 Å². The Morgan fingerprint density at radius 1 is 0.882 bits per heavy atom. The lowest BCUT2D eigenvalue weighted by atomic mass is 9.78. The summed E-state index contributed by atoms with van der Waals surface area (Å²) in [5.74, 6) is -1.13. The Bertz CT molecular complexity index is 1130. The summed E-state index contributed by atoms with van der Waals surface area (Å²) < 4.78 is 55.1. The first kappa shape index (κ1) is 23.9. The predicted molar refractivity (Wildman–Crippen MR) is 130 cm³/mol. The largest absolute Gasteiger partial charge is 0.494 e. The third-order valence-electron chi connectivity index (χ3n) is 6.55. The van der Waals surface area contributed by atoms with Crippen LogP contribution in [0.2, 0.25) is 0 Å². The number of hydrogen-bond donors (Lipinski definition) is 0. The van der Waals surface area contributed by atoms with Gasteiger partial charge in [-0.2, -0.15) is 0 Å². The van der Waals surface area contributed by atoms with E-state index in [9.17, 15) is 8.78 Å². The molecular weight excluding hydrogens is 437 g/mol. The Hall–Kier alpha value is -3.21. The maximum absolute atomic E-state index is 15.0. The first-order chi connectivity index (χ1) is 16.5. The lowest BCUT2D eigenvalue weighted by Crippen LogP contribution is -2.20. The molecule has 1 aliphatic carbocycles. The topological polar surface area (TPSA) is 18.5 Å². The highest BCUT2D eigenvalue weighted by molar-refractivity contribution is 5.66. The zero-order chi connectivity index (χ0) is 24.1. The minimum atomic E-state index is -0.805. The summed E-state index contributed by atoms with van der Waals surface area (Å²) in [4.78, 5) is 0. The number of hydrogen-bond acceptors (Lipinski definition) is 2. The van der Waals surface area contributed by atoms with Gasteiger partial charge in [0.2, 0.25) is 0 Å². The van der Waals surface area contributed by atoms with E-state index in [1.54, 1.807) is 42.5 Å². The molecule has 2 nitrogen and oxygen atoms in total. The fourth-order valence-electron chi connectivity index (χ4n) is 4.60. The maximum atomic E-state index is 15.0. The van der Waals surface area contributed by atoms with Crippen LogP contribution in [0.5, 0.6) is 11.5 Å². The zero-order valence-electron chi connectivity index (χ0n) is 19.3. The summed E-state index contributed by atoms with van der Waals surface area (Å²) in [5.41, 5.74) is 2.25. The Labute approximate surface area is 199 Å². The molecule has 0 N–H and O–H groups in total. The average molecular weight is 467 g/mol. The number of rotatable bonds is 8. The molecule has 1 saturated carbocycles. The minimum Gasteiger partial charge on any atom is -0.494 e. The van der Waals surface area contributed by atoms with Gasteiger partial charge in [-0.1, -0.05) is 49.1 Å². The van der Waals surface area contributed by atoms with Gasteiger partial charge in [0.1, 0.15) is 5.75 Å². The summed E-state index contributed by atoms with van der Waals surface area (Å²) in [6, 6.07) is 15.2. The molecule has 0 heterocycles. The molecule has 5 heteroatoms. The second-order valence-electron chi connectivity index (χ2n) is 8.71. The van der Waals surface area contributed by atoms with Crippen molar-refractivity contribution < 1.29 is 22.6 Å². The quantitative estimate of drug-likeness (QED) is 0.333. The zero-order valence-corrected chi connectivity index (χ0v) is 19.3. The molecule has 0 aliphatic heterocycles. The first-order valence-corrected chi connectivity index (χ1v) is 11.8.